The van der Waals surface area contributed by atoms with Gasteiger partial charge in [-0.25, -0.2) is 14.1 Å². The zero-order chi connectivity index (χ0) is 18.8. The number of carbonyl (C=O) groups is 1. The fourth-order valence-corrected chi connectivity index (χ4v) is 3.04. The fraction of sp³-hybridized carbons (Fsp3) is 0.632. The third-order valence-electron chi connectivity index (χ3n) is 4.43. The normalized spacial score (nSPS) is 10.9. The molecule has 1 aromatic carbocycles. The van der Waals surface area contributed by atoms with Crippen LogP contribution in [0, 0.1) is 5.82 Å². The molecule has 1 rings (SSSR count). The number of carbonyl (C=O) groups excluding carboxylic acids is 1. The summed E-state index contributed by atoms with van der Waals surface area (Å²) < 4.78 is 27.0. The zero-order valence-corrected chi connectivity index (χ0v) is 15.0. The summed E-state index contributed by atoms with van der Waals surface area (Å²) in [5.41, 5.74) is -0.0604. The lowest BCUT2D eigenvalue weighted by Crippen LogP contribution is -2.11. The van der Waals surface area contributed by atoms with E-state index in [4.69, 9.17) is 0 Å². The highest BCUT2D eigenvalue weighted by Gasteiger charge is 2.28. The molecule has 0 aliphatic rings. The van der Waals surface area contributed by atoms with E-state index in [9.17, 15) is 23.9 Å². The van der Waals surface area contributed by atoms with Gasteiger partial charge in [-0.15, -0.1) is 0 Å². The van der Waals surface area contributed by atoms with Crippen LogP contribution in [-0.2, 0) is 17.8 Å². The van der Waals surface area contributed by atoms with Crippen molar-refractivity contribution >= 4 is 5.97 Å². The van der Waals surface area contributed by atoms with Crippen LogP contribution in [0.15, 0.2) is 0 Å². The number of phenolic OH excluding ortho intramolecular Hbond substituents is 2. The van der Waals surface area contributed by atoms with Crippen LogP contribution in [0.5, 0.6) is 11.5 Å². The van der Waals surface area contributed by atoms with Crippen molar-refractivity contribution in [1.82, 2.24) is 0 Å². The van der Waals surface area contributed by atoms with Gasteiger partial charge in [0.1, 0.15) is 5.56 Å². The van der Waals surface area contributed by atoms with Crippen LogP contribution in [0.3, 0.4) is 0 Å². The third-order valence-corrected chi connectivity index (χ3v) is 4.43. The molecule has 0 fully saturated rings. The van der Waals surface area contributed by atoms with E-state index in [0.29, 0.717) is 25.7 Å². The van der Waals surface area contributed by atoms with Crippen LogP contribution >= 0.6 is 0 Å². The molecule has 0 saturated heterocycles. The van der Waals surface area contributed by atoms with E-state index in [2.05, 4.69) is 18.8 Å². The molecule has 0 heterocycles. The van der Waals surface area contributed by atoms with Gasteiger partial charge in [0.2, 0.25) is 0 Å². The van der Waals surface area contributed by atoms with Crippen molar-refractivity contribution in [2.24, 2.45) is 0 Å². The van der Waals surface area contributed by atoms with Crippen LogP contribution in [0.25, 0.3) is 0 Å². The second kappa shape index (κ2) is 10.9. The molecule has 0 radical (unpaired) electrons. The lowest BCUT2D eigenvalue weighted by Gasteiger charge is -2.17. The van der Waals surface area contributed by atoms with E-state index in [1.54, 1.807) is 0 Å². The van der Waals surface area contributed by atoms with Gasteiger partial charge in [0.05, 0.1) is 0 Å². The number of hydrogen-bond acceptors (Lipinski definition) is 4. The van der Waals surface area contributed by atoms with Crippen molar-refractivity contribution in [3.63, 3.8) is 0 Å². The van der Waals surface area contributed by atoms with Crippen molar-refractivity contribution in [3.05, 3.63) is 22.5 Å². The third kappa shape index (κ3) is 5.58. The summed E-state index contributed by atoms with van der Waals surface area (Å²) in [6.45, 7) is 4.11. The van der Waals surface area contributed by atoms with Gasteiger partial charge in [-0.05, 0) is 36.8 Å². The highest BCUT2D eigenvalue weighted by Crippen LogP contribution is 2.39. The van der Waals surface area contributed by atoms with Crippen LogP contribution in [-0.4, -0.2) is 16.2 Å². The van der Waals surface area contributed by atoms with E-state index in [-0.39, 0.29) is 11.1 Å². The Kier molecular flexibility index (Phi) is 9.24. The number of aromatic hydroxyl groups is 2. The van der Waals surface area contributed by atoms with Crippen LogP contribution < -0.4 is 0 Å². The number of unbranched alkanes of at least 4 members (excludes halogenated alkanes) is 6. The summed E-state index contributed by atoms with van der Waals surface area (Å²) in [5, 5.41) is 19.7. The summed E-state index contributed by atoms with van der Waals surface area (Å²) in [4.78, 5) is 15.0. The Labute approximate surface area is 147 Å². The first-order valence-electron chi connectivity index (χ1n) is 9.07. The SMILES string of the molecule is CCCCCCc1c(F)c(O)c(O)c(C(=O)OF)c1CCCCCC. The molecule has 0 saturated carbocycles. The lowest BCUT2D eigenvalue weighted by molar-refractivity contribution is -0.0791. The Morgan fingerprint density at radius 2 is 1.40 bits per heavy atom. The van der Waals surface area contributed by atoms with Crippen molar-refractivity contribution in [1.29, 1.82) is 0 Å². The maximum atomic E-state index is 14.5. The molecule has 4 nitrogen and oxygen atoms in total. The van der Waals surface area contributed by atoms with E-state index in [1.165, 1.54) is 0 Å². The first-order valence-corrected chi connectivity index (χ1v) is 9.07. The minimum atomic E-state index is -1.41. The minimum absolute atomic E-state index is 0.170. The number of phenols is 2. The smallest absolute Gasteiger partial charge is 0.383 e. The topological polar surface area (TPSA) is 66.8 Å². The molecule has 0 unspecified atom stereocenters. The van der Waals surface area contributed by atoms with Gasteiger partial charge in [-0.2, -0.15) is 0 Å². The maximum Gasteiger partial charge on any atom is 0.383 e. The van der Waals surface area contributed by atoms with Crippen molar-refractivity contribution in [2.75, 3.05) is 0 Å². The highest BCUT2D eigenvalue weighted by molar-refractivity contribution is 5.95. The standard InChI is InChI=1S/C19H28F2O4/c1-3-5-7-9-11-13-14(12-10-8-6-4-2)16(20)18(23)17(22)15(13)19(24)25-21/h22-23H,3-12H2,1-2H3. The largest absolute Gasteiger partial charge is 0.504 e. The molecular weight excluding hydrogens is 330 g/mol. The van der Waals surface area contributed by atoms with E-state index >= 15 is 0 Å². The Morgan fingerprint density at radius 1 is 0.880 bits per heavy atom. The van der Waals surface area contributed by atoms with Crippen LogP contribution in [0.2, 0.25) is 0 Å². The maximum absolute atomic E-state index is 14.5. The summed E-state index contributed by atoms with van der Waals surface area (Å²) in [5.74, 6) is -4.32. The molecule has 0 spiro atoms. The van der Waals surface area contributed by atoms with E-state index in [0.717, 1.165) is 38.5 Å². The van der Waals surface area contributed by atoms with Gasteiger partial charge < -0.3 is 10.2 Å². The molecular formula is C19H28F2O4. The molecule has 0 aromatic heterocycles. The number of rotatable bonds is 11. The number of hydrogen-bond donors (Lipinski definition) is 2. The Balaban J connectivity index is 3.23. The van der Waals surface area contributed by atoms with Crippen LogP contribution in [0.1, 0.15) is 86.7 Å². The average molecular weight is 358 g/mol. The Hall–Kier alpha value is -1.85. The monoisotopic (exact) mass is 358 g/mol. The molecule has 25 heavy (non-hydrogen) atoms. The summed E-state index contributed by atoms with van der Waals surface area (Å²) in [6.07, 6.45) is 7.76. The molecule has 1 aromatic rings. The number of benzene rings is 1. The Bertz CT molecular complexity index is 573. The predicted octanol–water partition coefficient (Wildman–Crippen LogP) is 5.52. The lowest BCUT2D eigenvalue weighted by atomic mass is 9.90. The molecule has 2 N–H and O–H groups in total. The van der Waals surface area contributed by atoms with Gasteiger partial charge in [-0.1, -0.05) is 52.4 Å². The zero-order valence-electron chi connectivity index (χ0n) is 15.0. The van der Waals surface area contributed by atoms with E-state index < -0.39 is 28.8 Å². The first-order chi connectivity index (χ1) is 12.0. The van der Waals surface area contributed by atoms with Crippen molar-refractivity contribution < 1.29 is 28.9 Å². The second-order valence-electron chi connectivity index (χ2n) is 6.33. The molecule has 0 amide bonds. The molecule has 0 bridgehead atoms. The van der Waals surface area contributed by atoms with Crippen molar-refractivity contribution in [2.45, 2.75) is 78.1 Å². The average Bonchev–Trinajstić information content (AvgIpc) is 2.61. The molecule has 6 heteroatoms. The predicted molar refractivity (Wildman–Crippen MR) is 91.9 cm³/mol. The molecule has 142 valence electrons. The summed E-state index contributed by atoms with van der Waals surface area (Å²) in [7, 11) is 0. The van der Waals surface area contributed by atoms with Gasteiger partial charge in [0, 0.05) is 4.53 Å². The summed E-state index contributed by atoms with van der Waals surface area (Å²) >= 11 is 0. The first kappa shape index (κ1) is 21.2. The minimum Gasteiger partial charge on any atom is -0.504 e. The quantitative estimate of drug-likeness (QED) is 0.403. The van der Waals surface area contributed by atoms with Gasteiger partial charge in [-0.3, -0.25) is 0 Å². The second-order valence-corrected chi connectivity index (χ2v) is 6.33. The van der Waals surface area contributed by atoms with Crippen molar-refractivity contribution in [3.8, 4) is 11.5 Å². The van der Waals surface area contributed by atoms with Crippen LogP contribution in [0.4, 0.5) is 8.92 Å². The van der Waals surface area contributed by atoms with Gasteiger partial charge in [0.25, 0.3) is 0 Å². The van der Waals surface area contributed by atoms with Gasteiger partial charge in [0.15, 0.2) is 17.3 Å². The van der Waals surface area contributed by atoms with Gasteiger partial charge >= 0.3 is 5.97 Å². The Morgan fingerprint density at radius 3 is 1.88 bits per heavy atom. The number of halogens is 2. The summed E-state index contributed by atoms with van der Waals surface area (Å²) in [6, 6.07) is 0. The molecule has 0 atom stereocenters. The highest BCUT2D eigenvalue weighted by atomic mass is 19.3. The molecule has 0 aliphatic heterocycles. The molecule has 0 aliphatic carbocycles. The van der Waals surface area contributed by atoms with E-state index in [1.807, 2.05) is 0 Å². The fourth-order valence-electron chi connectivity index (χ4n) is 3.04.